The third-order valence-corrected chi connectivity index (χ3v) is 7.89. The number of esters is 1. The molecule has 1 aromatic rings. The van der Waals surface area contributed by atoms with Crippen molar-refractivity contribution in [3.8, 4) is 0 Å². The largest absolute Gasteiger partial charge is 0.466 e. The Kier molecular flexibility index (Phi) is 8.17. The van der Waals surface area contributed by atoms with Crippen LogP contribution in [0.4, 0.5) is 0 Å². The van der Waals surface area contributed by atoms with Crippen molar-refractivity contribution in [3.05, 3.63) is 17.5 Å². The van der Waals surface area contributed by atoms with Crippen LogP contribution in [0.25, 0.3) is 0 Å². The van der Waals surface area contributed by atoms with E-state index in [9.17, 15) is 22.8 Å². The molecule has 1 saturated heterocycles. The first-order valence-corrected chi connectivity index (χ1v) is 11.7. The molecule has 0 N–H and O–H groups in total. The highest BCUT2D eigenvalue weighted by atomic mass is 32.2. The molecule has 2 heterocycles. The Labute approximate surface area is 175 Å². The maximum Gasteiger partial charge on any atom is 0.310 e. The van der Waals surface area contributed by atoms with E-state index in [1.807, 2.05) is 0 Å². The van der Waals surface area contributed by atoms with Gasteiger partial charge in [0.05, 0.1) is 25.6 Å². The van der Waals surface area contributed by atoms with E-state index in [2.05, 4.69) is 0 Å². The van der Waals surface area contributed by atoms with E-state index in [-0.39, 0.29) is 41.6 Å². The average Bonchev–Trinajstić information content (AvgIpc) is 3.23. The van der Waals surface area contributed by atoms with Gasteiger partial charge in [0.2, 0.25) is 11.8 Å². The first-order chi connectivity index (χ1) is 13.7. The van der Waals surface area contributed by atoms with E-state index >= 15 is 0 Å². The summed E-state index contributed by atoms with van der Waals surface area (Å²) < 4.78 is 31.0. The number of sulfonamides is 1. The Balaban J connectivity index is 1.90. The van der Waals surface area contributed by atoms with Gasteiger partial charge in [-0.15, -0.1) is 11.3 Å². The number of likely N-dealkylation sites (N-methyl/N-ethyl adjacent to an activating group) is 2. The normalized spacial score (nSPS) is 17.2. The number of nitrogens with zero attached hydrogens (tertiary/aromatic N) is 3. The molecule has 1 aliphatic rings. The minimum atomic E-state index is -3.74. The van der Waals surface area contributed by atoms with E-state index in [0.29, 0.717) is 26.0 Å². The lowest BCUT2D eigenvalue weighted by molar-refractivity contribution is -0.152. The van der Waals surface area contributed by atoms with Crippen LogP contribution in [-0.4, -0.2) is 87.2 Å². The van der Waals surface area contributed by atoms with Crippen molar-refractivity contribution < 1.29 is 27.5 Å². The smallest absolute Gasteiger partial charge is 0.310 e. The Morgan fingerprint density at radius 2 is 2.00 bits per heavy atom. The fourth-order valence-corrected chi connectivity index (χ4v) is 5.33. The van der Waals surface area contributed by atoms with Gasteiger partial charge in [-0.1, -0.05) is 6.07 Å². The molecule has 0 aromatic carbocycles. The van der Waals surface area contributed by atoms with E-state index in [1.165, 1.54) is 25.1 Å². The van der Waals surface area contributed by atoms with Gasteiger partial charge in [0.1, 0.15) is 4.21 Å². The van der Waals surface area contributed by atoms with Crippen LogP contribution in [0.3, 0.4) is 0 Å². The number of hydrogen-bond donors (Lipinski definition) is 0. The van der Waals surface area contributed by atoms with Gasteiger partial charge in [0.25, 0.3) is 10.0 Å². The number of likely N-dealkylation sites (tertiary alicyclic amines) is 1. The average molecular weight is 446 g/mol. The van der Waals surface area contributed by atoms with E-state index < -0.39 is 15.9 Å². The number of carbonyl (C=O) groups is 3. The third-order valence-electron chi connectivity index (χ3n) is 4.71. The number of thiophene rings is 1. The van der Waals surface area contributed by atoms with Crippen LogP contribution in [0.15, 0.2) is 21.7 Å². The fraction of sp³-hybridized carbons (Fsp3) is 0.611. The third kappa shape index (κ3) is 6.00. The molecular formula is C18H27N3O6S2. The second-order valence-corrected chi connectivity index (χ2v) is 10.1. The van der Waals surface area contributed by atoms with Crippen LogP contribution in [0, 0.1) is 5.92 Å². The summed E-state index contributed by atoms with van der Waals surface area (Å²) in [5, 5.41) is 1.65. The standard InChI is InChI=1S/C18H27N3O6S2/c1-4-27-18(24)14-7-5-9-21(11-14)16(23)12-19(2)15(22)13-20(3)29(25,26)17-8-6-10-28-17/h6,8,10,14H,4-5,7,9,11-13H2,1-3H3. The summed E-state index contributed by atoms with van der Waals surface area (Å²) in [6, 6.07) is 3.10. The highest BCUT2D eigenvalue weighted by Crippen LogP contribution is 2.20. The molecule has 0 aliphatic carbocycles. The van der Waals surface area contributed by atoms with Gasteiger partial charge in [-0.2, -0.15) is 4.31 Å². The molecular weight excluding hydrogens is 418 g/mol. The van der Waals surface area contributed by atoms with Crippen molar-refractivity contribution in [3.63, 3.8) is 0 Å². The van der Waals surface area contributed by atoms with Crippen molar-refractivity contribution in [2.75, 3.05) is 46.9 Å². The number of ether oxygens (including phenoxy) is 1. The molecule has 2 amide bonds. The van der Waals surface area contributed by atoms with E-state index in [1.54, 1.807) is 23.3 Å². The lowest BCUT2D eigenvalue weighted by Gasteiger charge is -2.32. The summed E-state index contributed by atoms with van der Waals surface area (Å²) >= 11 is 1.08. The molecule has 1 aliphatic heterocycles. The van der Waals surface area contributed by atoms with E-state index in [0.717, 1.165) is 15.6 Å². The summed E-state index contributed by atoms with van der Waals surface area (Å²) in [6.07, 6.45) is 1.36. The second kappa shape index (κ2) is 10.2. The van der Waals surface area contributed by atoms with Crippen molar-refractivity contribution in [2.24, 2.45) is 5.92 Å². The van der Waals surface area contributed by atoms with Crippen LogP contribution in [-0.2, 0) is 29.1 Å². The van der Waals surface area contributed by atoms with Gasteiger partial charge < -0.3 is 14.5 Å². The van der Waals surface area contributed by atoms with Crippen molar-refractivity contribution in [1.29, 1.82) is 0 Å². The van der Waals surface area contributed by atoms with Crippen LogP contribution >= 0.6 is 11.3 Å². The maximum absolute atomic E-state index is 12.6. The molecule has 162 valence electrons. The Morgan fingerprint density at radius 3 is 2.62 bits per heavy atom. The van der Waals surface area contributed by atoms with Gasteiger partial charge in [-0.25, -0.2) is 8.42 Å². The first-order valence-electron chi connectivity index (χ1n) is 9.35. The SMILES string of the molecule is CCOC(=O)C1CCCN(C(=O)CN(C)C(=O)CN(C)S(=O)(=O)c2cccs2)C1. The van der Waals surface area contributed by atoms with Gasteiger partial charge in [-0.05, 0) is 31.2 Å². The monoisotopic (exact) mass is 445 g/mol. The second-order valence-electron chi connectivity index (χ2n) is 6.87. The number of rotatable bonds is 8. The number of carbonyl (C=O) groups excluding carboxylic acids is 3. The molecule has 11 heteroatoms. The summed E-state index contributed by atoms with van der Waals surface area (Å²) in [4.78, 5) is 39.7. The molecule has 29 heavy (non-hydrogen) atoms. The lowest BCUT2D eigenvalue weighted by Crippen LogP contribution is -2.48. The van der Waals surface area contributed by atoms with Crippen molar-refractivity contribution in [2.45, 2.75) is 24.0 Å². The molecule has 1 fully saturated rings. The summed E-state index contributed by atoms with van der Waals surface area (Å²) in [5.41, 5.74) is 0. The summed E-state index contributed by atoms with van der Waals surface area (Å²) in [7, 11) is -0.950. The lowest BCUT2D eigenvalue weighted by atomic mass is 9.98. The van der Waals surface area contributed by atoms with E-state index in [4.69, 9.17) is 4.74 Å². The fourth-order valence-electron chi connectivity index (χ4n) is 3.01. The molecule has 9 nitrogen and oxygen atoms in total. The quantitative estimate of drug-likeness (QED) is 0.544. The predicted octanol–water partition coefficient (Wildman–Crippen LogP) is 0.629. The Hall–Kier alpha value is -1.98. The molecule has 0 radical (unpaired) electrons. The highest BCUT2D eigenvalue weighted by molar-refractivity contribution is 7.91. The van der Waals surface area contributed by atoms with Crippen molar-refractivity contribution in [1.82, 2.24) is 14.1 Å². The molecule has 0 bridgehead atoms. The van der Waals surface area contributed by atoms with Crippen LogP contribution in [0.1, 0.15) is 19.8 Å². The zero-order chi connectivity index (χ0) is 21.6. The van der Waals surface area contributed by atoms with Crippen LogP contribution in [0.5, 0.6) is 0 Å². The minimum Gasteiger partial charge on any atom is -0.466 e. The first kappa shape index (κ1) is 23.3. The highest BCUT2D eigenvalue weighted by Gasteiger charge is 2.31. The van der Waals surface area contributed by atoms with Crippen molar-refractivity contribution >= 4 is 39.1 Å². The summed E-state index contributed by atoms with van der Waals surface area (Å²) in [5.74, 6) is -1.43. The molecule has 0 saturated carbocycles. The van der Waals surface area contributed by atoms with Crippen LogP contribution in [0.2, 0.25) is 0 Å². The minimum absolute atomic E-state index is 0.157. The zero-order valence-corrected chi connectivity index (χ0v) is 18.5. The maximum atomic E-state index is 12.6. The predicted molar refractivity (Wildman–Crippen MR) is 108 cm³/mol. The summed E-state index contributed by atoms with van der Waals surface area (Å²) in [6.45, 7) is 2.27. The number of hydrogen-bond acceptors (Lipinski definition) is 7. The van der Waals surface area contributed by atoms with Crippen LogP contribution < -0.4 is 0 Å². The molecule has 0 spiro atoms. The molecule has 2 rings (SSSR count). The number of piperidine rings is 1. The molecule has 1 unspecified atom stereocenters. The number of amides is 2. The molecule has 1 atom stereocenters. The van der Waals surface area contributed by atoms with Gasteiger partial charge in [-0.3, -0.25) is 14.4 Å². The molecule has 1 aromatic heterocycles. The van der Waals surface area contributed by atoms with Gasteiger partial charge >= 0.3 is 5.97 Å². The Bertz CT molecular complexity index is 825. The zero-order valence-electron chi connectivity index (χ0n) is 16.9. The Morgan fingerprint density at radius 1 is 1.28 bits per heavy atom. The van der Waals surface area contributed by atoms with Gasteiger partial charge in [0, 0.05) is 27.2 Å². The topological polar surface area (TPSA) is 104 Å². The van der Waals surface area contributed by atoms with Gasteiger partial charge in [0.15, 0.2) is 0 Å².